The molecule has 3 rings (SSSR count). The summed E-state index contributed by atoms with van der Waals surface area (Å²) in [4.78, 5) is 4.18. The number of anilines is 1. The van der Waals surface area contributed by atoms with Gasteiger partial charge >= 0.3 is 0 Å². The van der Waals surface area contributed by atoms with Crippen LogP contribution in [0.15, 0.2) is 42.6 Å². The van der Waals surface area contributed by atoms with Gasteiger partial charge in [-0.1, -0.05) is 0 Å². The summed E-state index contributed by atoms with van der Waals surface area (Å²) >= 11 is 0. The Kier molecular flexibility index (Phi) is 3.75. The zero-order chi connectivity index (χ0) is 14.7. The summed E-state index contributed by atoms with van der Waals surface area (Å²) in [7, 11) is 0. The van der Waals surface area contributed by atoms with Crippen LogP contribution in [0.2, 0.25) is 0 Å². The van der Waals surface area contributed by atoms with Gasteiger partial charge in [0.15, 0.2) is 0 Å². The van der Waals surface area contributed by atoms with Crippen molar-refractivity contribution >= 4 is 5.69 Å². The highest BCUT2D eigenvalue weighted by Crippen LogP contribution is 2.41. The number of pyridine rings is 1. The molecule has 1 aromatic carbocycles. The van der Waals surface area contributed by atoms with E-state index in [0.29, 0.717) is 48.9 Å². The first kappa shape index (κ1) is 13.8. The molecule has 1 aliphatic heterocycles. The van der Waals surface area contributed by atoms with Gasteiger partial charge in [-0.3, -0.25) is 0 Å². The fourth-order valence-corrected chi connectivity index (χ4v) is 2.42. The molecule has 0 spiro atoms. The van der Waals surface area contributed by atoms with Crippen molar-refractivity contribution in [3.05, 3.63) is 48.2 Å². The molecule has 4 nitrogen and oxygen atoms in total. The fraction of sp³-hybridized carbons (Fsp3) is 0.312. The van der Waals surface area contributed by atoms with Crippen LogP contribution in [0.25, 0.3) is 0 Å². The number of benzene rings is 1. The molecule has 0 aliphatic carbocycles. The van der Waals surface area contributed by atoms with Crippen LogP contribution in [0, 0.1) is 0 Å². The Morgan fingerprint density at radius 3 is 2.57 bits per heavy atom. The molecule has 2 heterocycles. The lowest BCUT2D eigenvalue weighted by Gasteiger charge is -2.30. The Bertz CT molecular complexity index is 610. The van der Waals surface area contributed by atoms with E-state index in [0.717, 1.165) is 0 Å². The summed E-state index contributed by atoms with van der Waals surface area (Å²) in [6.45, 7) is 0.819. The third kappa shape index (κ3) is 2.97. The fourth-order valence-electron chi connectivity index (χ4n) is 2.42. The lowest BCUT2D eigenvalue weighted by atomic mass is 9.89. The predicted octanol–water partition coefficient (Wildman–Crippen LogP) is 3.43. The molecule has 1 fully saturated rings. The van der Waals surface area contributed by atoms with Crippen LogP contribution in [0.1, 0.15) is 18.4 Å². The molecule has 1 saturated heterocycles. The van der Waals surface area contributed by atoms with E-state index in [4.69, 9.17) is 15.2 Å². The van der Waals surface area contributed by atoms with Gasteiger partial charge in [0.2, 0.25) is 5.88 Å². The third-order valence-corrected chi connectivity index (χ3v) is 3.63. The average molecular weight is 288 g/mol. The standard InChI is InChI=1S/C16H17FN2O2/c17-16(7-10-20-11-8-16)14-2-1-9-19-15(14)21-13-5-3-12(18)4-6-13/h1-6,9H,7-8,10-11,18H2. The molecular weight excluding hydrogens is 271 g/mol. The molecular formula is C16H17FN2O2. The minimum atomic E-state index is -1.45. The van der Waals surface area contributed by atoms with Crippen molar-refractivity contribution in [2.24, 2.45) is 0 Å². The molecule has 110 valence electrons. The van der Waals surface area contributed by atoms with E-state index < -0.39 is 5.67 Å². The number of nitrogens with two attached hydrogens (primary N) is 1. The highest BCUT2D eigenvalue weighted by atomic mass is 19.1. The Balaban J connectivity index is 1.90. The number of alkyl halides is 1. The van der Waals surface area contributed by atoms with Gasteiger partial charge in [0.25, 0.3) is 0 Å². The number of aromatic nitrogens is 1. The summed E-state index contributed by atoms with van der Waals surface area (Å²) < 4.78 is 26.1. The number of hydrogen-bond acceptors (Lipinski definition) is 4. The topological polar surface area (TPSA) is 57.4 Å². The minimum absolute atomic E-state index is 0.298. The van der Waals surface area contributed by atoms with E-state index >= 15 is 4.39 Å². The smallest absolute Gasteiger partial charge is 0.225 e. The number of halogens is 1. The molecule has 1 aliphatic rings. The van der Waals surface area contributed by atoms with Crippen molar-refractivity contribution in [2.75, 3.05) is 18.9 Å². The molecule has 0 unspecified atom stereocenters. The van der Waals surface area contributed by atoms with Crippen LogP contribution < -0.4 is 10.5 Å². The van der Waals surface area contributed by atoms with E-state index in [2.05, 4.69) is 4.98 Å². The second-order valence-electron chi connectivity index (χ2n) is 5.10. The minimum Gasteiger partial charge on any atom is -0.439 e. The molecule has 0 atom stereocenters. The van der Waals surface area contributed by atoms with Crippen LogP contribution in [-0.4, -0.2) is 18.2 Å². The van der Waals surface area contributed by atoms with E-state index in [1.54, 1.807) is 42.6 Å². The molecule has 0 saturated carbocycles. The Morgan fingerprint density at radius 2 is 1.86 bits per heavy atom. The van der Waals surface area contributed by atoms with Gasteiger partial charge in [-0.2, -0.15) is 0 Å². The first-order valence-electron chi connectivity index (χ1n) is 6.93. The number of nitrogens with zero attached hydrogens (tertiary/aromatic N) is 1. The second kappa shape index (κ2) is 5.69. The van der Waals surface area contributed by atoms with Crippen molar-refractivity contribution in [3.8, 4) is 11.6 Å². The van der Waals surface area contributed by atoms with Crippen molar-refractivity contribution in [3.63, 3.8) is 0 Å². The van der Waals surface area contributed by atoms with E-state index in [9.17, 15) is 0 Å². The zero-order valence-electron chi connectivity index (χ0n) is 11.6. The maximum absolute atomic E-state index is 15.1. The van der Waals surface area contributed by atoms with Gasteiger partial charge in [-0.25, -0.2) is 9.37 Å². The van der Waals surface area contributed by atoms with Crippen LogP contribution >= 0.6 is 0 Å². The van der Waals surface area contributed by atoms with Gasteiger partial charge < -0.3 is 15.2 Å². The molecule has 1 aromatic heterocycles. The lowest BCUT2D eigenvalue weighted by Crippen LogP contribution is -2.29. The average Bonchev–Trinajstić information content (AvgIpc) is 2.51. The van der Waals surface area contributed by atoms with Crippen LogP contribution in [0.3, 0.4) is 0 Å². The lowest BCUT2D eigenvalue weighted by molar-refractivity contribution is -0.0126. The van der Waals surface area contributed by atoms with Gasteiger partial charge in [0.1, 0.15) is 11.4 Å². The molecule has 0 radical (unpaired) electrons. The van der Waals surface area contributed by atoms with Crippen molar-refractivity contribution in [1.82, 2.24) is 4.98 Å². The maximum Gasteiger partial charge on any atom is 0.225 e. The molecule has 0 amide bonds. The third-order valence-electron chi connectivity index (χ3n) is 3.63. The van der Waals surface area contributed by atoms with E-state index in [1.165, 1.54) is 0 Å². The Hall–Kier alpha value is -2.14. The largest absolute Gasteiger partial charge is 0.439 e. The van der Waals surface area contributed by atoms with Crippen LogP contribution in [0.4, 0.5) is 10.1 Å². The number of hydrogen-bond donors (Lipinski definition) is 1. The molecule has 2 aromatic rings. The number of nitrogen functional groups attached to an aromatic ring is 1. The van der Waals surface area contributed by atoms with Gasteiger partial charge in [0.05, 0.1) is 5.56 Å². The first-order valence-corrected chi connectivity index (χ1v) is 6.93. The SMILES string of the molecule is Nc1ccc(Oc2ncccc2C2(F)CCOCC2)cc1. The number of ether oxygens (including phenoxy) is 2. The van der Waals surface area contributed by atoms with Crippen molar-refractivity contribution in [1.29, 1.82) is 0 Å². The van der Waals surface area contributed by atoms with Crippen molar-refractivity contribution < 1.29 is 13.9 Å². The van der Waals surface area contributed by atoms with Gasteiger partial charge in [-0.05, 0) is 36.4 Å². The van der Waals surface area contributed by atoms with E-state index in [-0.39, 0.29) is 0 Å². The van der Waals surface area contributed by atoms with Gasteiger partial charge in [0, 0.05) is 37.9 Å². The molecule has 0 bridgehead atoms. The zero-order valence-corrected chi connectivity index (χ0v) is 11.6. The van der Waals surface area contributed by atoms with Gasteiger partial charge in [-0.15, -0.1) is 0 Å². The second-order valence-corrected chi connectivity index (χ2v) is 5.10. The monoisotopic (exact) mass is 288 g/mol. The highest BCUT2D eigenvalue weighted by molar-refractivity contribution is 5.43. The Labute approximate surface area is 122 Å². The molecule has 21 heavy (non-hydrogen) atoms. The Morgan fingerprint density at radius 1 is 1.14 bits per heavy atom. The summed E-state index contributed by atoms with van der Waals surface area (Å²) in [6.07, 6.45) is 2.23. The maximum atomic E-state index is 15.1. The van der Waals surface area contributed by atoms with E-state index in [1.807, 2.05) is 0 Å². The van der Waals surface area contributed by atoms with Crippen LogP contribution in [0.5, 0.6) is 11.6 Å². The molecule has 5 heteroatoms. The summed E-state index contributed by atoms with van der Waals surface area (Å²) in [6, 6.07) is 10.4. The predicted molar refractivity (Wildman–Crippen MR) is 78.0 cm³/mol. The summed E-state index contributed by atoms with van der Waals surface area (Å²) in [5.74, 6) is 0.881. The number of rotatable bonds is 3. The van der Waals surface area contributed by atoms with Crippen LogP contribution in [-0.2, 0) is 10.4 Å². The van der Waals surface area contributed by atoms with Crippen molar-refractivity contribution in [2.45, 2.75) is 18.5 Å². The normalized spacial score (nSPS) is 17.4. The summed E-state index contributed by atoms with van der Waals surface area (Å²) in [5, 5.41) is 0. The highest BCUT2D eigenvalue weighted by Gasteiger charge is 2.37. The summed E-state index contributed by atoms with van der Waals surface area (Å²) in [5.41, 5.74) is 5.32. The molecule has 2 N–H and O–H groups in total. The first-order chi connectivity index (χ1) is 10.2. The quantitative estimate of drug-likeness (QED) is 0.879.